The van der Waals surface area contributed by atoms with Gasteiger partial charge in [0.1, 0.15) is 6.61 Å². The van der Waals surface area contributed by atoms with E-state index in [1.807, 2.05) is 19.1 Å². The highest BCUT2D eigenvalue weighted by molar-refractivity contribution is 5.34. The highest BCUT2D eigenvalue weighted by Gasteiger charge is 1.90. The Morgan fingerprint density at radius 3 is 3.08 bits per heavy atom. The number of aliphatic hydroxyl groups is 1. The van der Waals surface area contributed by atoms with E-state index in [1.54, 1.807) is 6.20 Å². The van der Waals surface area contributed by atoms with Crippen LogP contribution in [0, 0.1) is 11.8 Å². The molecule has 0 amide bonds. The third-order valence-electron chi connectivity index (χ3n) is 1.49. The lowest BCUT2D eigenvalue weighted by Crippen LogP contribution is -1.86. The van der Waals surface area contributed by atoms with Crippen LogP contribution in [0.1, 0.15) is 18.2 Å². The van der Waals surface area contributed by atoms with Crippen molar-refractivity contribution in [3.05, 3.63) is 29.6 Å². The normalized spacial score (nSPS) is 8.83. The van der Waals surface area contributed by atoms with Gasteiger partial charge in [-0.05, 0) is 18.6 Å². The Balaban J connectivity index is 2.86. The molecule has 0 aliphatic rings. The van der Waals surface area contributed by atoms with E-state index in [1.165, 1.54) is 0 Å². The molecule has 0 aliphatic carbocycles. The third kappa shape index (κ3) is 2.37. The number of pyridine rings is 1. The predicted octanol–water partition coefficient (Wildman–Crippen LogP) is 0.988. The van der Waals surface area contributed by atoms with E-state index < -0.39 is 0 Å². The van der Waals surface area contributed by atoms with Gasteiger partial charge in [-0.1, -0.05) is 18.8 Å². The Morgan fingerprint density at radius 2 is 2.42 bits per heavy atom. The van der Waals surface area contributed by atoms with Crippen molar-refractivity contribution in [3.63, 3.8) is 0 Å². The van der Waals surface area contributed by atoms with Crippen molar-refractivity contribution in [2.24, 2.45) is 0 Å². The molecule has 0 fully saturated rings. The quantitative estimate of drug-likeness (QED) is 0.623. The van der Waals surface area contributed by atoms with E-state index in [9.17, 15) is 0 Å². The van der Waals surface area contributed by atoms with Crippen molar-refractivity contribution in [1.82, 2.24) is 4.98 Å². The topological polar surface area (TPSA) is 33.1 Å². The smallest absolute Gasteiger partial charge is 0.104 e. The van der Waals surface area contributed by atoms with Crippen molar-refractivity contribution < 1.29 is 5.11 Å². The van der Waals surface area contributed by atoms with E-state index in [-0.39, 0.29) is 6.61 Å². The van der Waals surface area contributed by atoms with Gasteiger partial charge in [0.15, 0.2) is 0 Å². The van der Waals surface area contributed by atoms with Crippen LogP contribution in [0.15, 0.2) is 18.3 Å². The molecule has 0 saturated carbocycles. The van der Waals surface area contributed by atoms with Gasteiger partial charge in [0, 0.05) is 17.5 Å². The standard InChI is InChI=1S/C10H11NO/c1-2-10-8-9(4-3-7-12)5-6-11-10/h5-6,8,12H,2,7H2,1H3. The molecule has 0 atom stereocenters. The van der Waals surface area contributed by atoms with Crippen molar-refractivity contribution in [3.8, 4) is 11.8 Å². The molecule has 0 radical (unpaired) electrons. The summed E-state index contributed by atoms with van der Waals surface area (Å²) in [5.74, 6) is 5.42. The van der Waals surface area contributed by atoms with Gasteiger partial charge in [-0.15, -0.1) is 0 Å². The van der Waals surface area contributed by atoms with Crippen LogP contribution in [-0.2, 0) is 6.42 Å². The van der Waals surface area contributed by atoms with Crippen LogP contribution in [-0.4, -0.2) is 16.7 Å². The molecule has 0 aliphatic heterocycles. The molecule has 0 aromatic carbocycles. The molecule has 1 rings (SSSR count). The minimum Gasteiger partial charge on any atom is -0.384 e. The van der Waals surface area contributed by atoms with Gasteiger partial charge in [0.05, 0.1) is 0 Å². The average Bonchev–Trinajstić information content (AvgIpc) is 2.15. The minimum atomic E-state index is -0.0935. The zero-order valence-corrected chi connectivity index (χ0v) is 7.04. The Kier molecular flexibility index (Phi) is 3.31. The van der Waals surface area contributed by atoms with E-state index in [4.69, 9.17) is 5.11 Å². The molecular formula is C10H11NO. The monoisotopic (exact) mass is 161 g/mol. The lowest BCUT2D eigenvalue weighted by Gasteiger charge is -1.94. The number of hydrogen-bond acceptors (Lipinski definition) is 2. The maximum atomic E-state index is 8.46. The highest BCUT2D eigenvalue weighted by atomic mass is 16.2. The summed E-state index contributed by atoms with van der Waals surface area (Å²) in [5, 5.41) is 8.46. The Labute approximate surface area is 72.3 Å². The second-order valence-electron chi connectivity index (χ2n) is 2.35. The fourth-order valence-electron chi connectivity index (χ4n) is 0.891. The first-order valence-electron chi connectivity index (χ1n) is 3.91. The summed E-state index contributed by atoms with van der Waals surface area (Å²) in [6, 6.07) is 3.77. The Hall–Kier alpha value is -1.33. The predicted molar refractivity (Wildman–Crippen MR) is 47.6 cm³/mol. The molecule has 0 spiro atoms. The van der Waals surface area contributed by atoms with Crippen molar-refractivity contribution in [2.45, 2.75) is 13.3 Å². The van der Waals surface area contributed by atoms with E-state index >= 15 is 0 Å². The van der Waals surface area contributed by atoms with Crippen LogP contribution in [0.4, 0.5) is 0 Å². The molecule has 0 bridgehead atoms. The summed E-state index contributed by atoms with van der Waals surface area (Å²) in [7, 11) is 0. The molecule has 1 aromatic heterocycles. The second-order valence-corrected chi connectivity index (χ2v) is 2.35. The van der Waals surface area contributed by atoms with E-state index in [2.05, 4.69) is 16.8 Å². The van der Waals surface area contributed by atoms with Crippen molar-refractivity contribution in [2.75, 3.05) is 6.61 Å². The van der Waals surface area contributed by atoms with Crippen LogP contribution in [0.25, 0.3) is 0 Å². The first-order valence-corrected chi connectivity index (χ1v) is 3.91. The molecule has 1 aromatic rings. The van der Waals surface area contributed by atoms with Crippen LogP contribution >= 0.6 is 0 Å². The van der Waals surface area contributed by atoms with Gasteiger partial charge in [0.2, 0.25) is 0 Å². The summed E-state index contributed by atoms with van der Waals surface area (Å²) >= 11 is 0. The second kappa shape index (κ2) is 4.53. The van der Waals surface area contributed by atoms with Crippen molar-refractivity contribution >= 4 is 0 Å². The fourth-order valence-corrected chi connectivity index (χ4v) is 0.891. The SMILES string of the molecule is CCc1cc(C#CCO)ccn1. The highest BCUT2D eigenvalue weighted by Crippen LogP contribution is 2.00. The molecular weight excluding hydrogens is 150 g/mol. The van der Waals surface area contributed by atoms with Crippen LogP contribution in [0.3, 0.4) is 0 Å². The number of rotatable bonds is 1. The van der Waals surface area contributed by atoms with Crippen LogP contribution < -0.4 is 0 Å². The minimum absolute atomic E-state index is 0.0935. The van der Waals surface area contributed by atoms with Crippen molar-refractivity contribution in [1.29, 1.82) is 0 Å². The van der Waals surface area contributed by atoms with Crippen LogP contribution in [0.2, 0.25) is 0 Å². The average molecular weight is 161 g/mol. The molecule has 0 unspecified atom stereocenters. The number of hydrogen-bond donors (Lipinski definition) is 1. The van der Waals surface area contributed by atoms with Gasteiger partial charge in [0.25, 0.3) is 0 Å². The summed E-state index contributed by atoms with van der Waals surface area (Å²) in [5.41, 5.74) is 1.94. The summed E-state index contributed by atoms with van der Waals surface area (Å²) in [6.45, 7) is 1.95. The molecule has 0 saturated heterocycles. The maximum absolute atomic E-state index is 8.46. The van der Waals surface area contributed by atoms with Crippen LogP contribution in [0.5, 0.6) is 0 Å². The number of aromatic nitrogens is 1. The third-order valence-corrected chi connectivity index (χ3v) is 1.49. The molecule has 1 N–H and O–H groups in total. The zero-order chi connectivity index (χ0) is 8.81. The fraction of sp³-hybridized carbons (Fsp3) is 0.300. The summed E-state index contributed by atoms with van der Waals surface area (Å²) in [6.07, 6.45) is 2.65. The molecule has 2 nitrogen and oxygen atoms in total. The Bertz CT molecular complexity index is 309. The molecule has 2 heteroatoms. The van der Waals surface area contributed by atoms with Gasteiger partial charge in [-0.3, -0.25) is 4.98 Å². The molecule has 12 heavy (non-hydrogen) atoms. The zero-order valence-electron chi connectivity index (χ0n) is 7.04. The lowest BCUT2D eigenvalue weighted by atomic mass is 10.2. The summed E-state index contributed by atoms with van der Waals surface area (Å²) in [4.78, 5) is 4.14. The van der Waals surface area contributed by atoms with E-state index in [0.29, 0.717) is 0 Å². The lowest BCUT2D eigenvalue weighted by molar-refractivity contribution is 0.350. The molecule has 1 heterocycles. The van der Waals surface area contributed by atoms with Gasteiger partial charge >= 0.3 is 0 Å². The first kappa shape index (κ1) is 8.76. The number of aryl methyl sites for hydroxylation is 1. The number of aliphatic hydroxyl groups excluding tert-OH is 1. The maximum Gasteiger partial charge on any atom is 0.104 e. The van der Waals surface area contributed by atoms with E-state index in [0.717, 1.165) is 17.7 Å². The largest absolute Gasteiger partial charge is 0.384 e. The van der Waals surface area contributed by atoms with Gasteiger partial charge in [-0.2, -0.15) is 0 Å². The Morgan fingerprint density at radius 1 is 1.58 bits per heavy atom. The summed E-state index contributed by atoms with van der Waals surface area (Å²) < 4.78 is 0. The first-order chi connectivity index (χ1) is 5.86. The number of nitrogens with zero attached hydrogens (tertiary/aromatic N) is 1. The van der Waals surface area contributed by atoms with Gasteiger partial charge in [-0.25, -0.2) is 0 Å². The van der Waals surface area contributed by atoms with Gasteiger partial charge < -0.3 is 5.11 Å². The molecule has 62 valence electrons.